The zero-order chi connectivity index (χ0) is 8.44. The van der Waals surface area contributed by atoms with Gasteiger partial charge in [-0.15, -0.1) is 0 Å². The van der Waals surface area contributed by atoms with Gasteiger partial charge in [-0.2, -0.15) is 0 Å². The lowest BCUT2D eigenvalue weighted by atomic mass is 9.84. The van der Waals surface area contributed by atoms with E-state index in [4.69, 9.17) is 9.47 Å². The summed E-state index contributed by atoms with van der Waals surface area (Å²) < 4.78 is 11.0. The third-order valence-electron chi connectivity index (χ3n) is 2.72. The standard InChI is InChI=1S/C9H14O3/c10-8-1-3-9(4-2-8)7-11-5-6-12-9/h1-7H2. The molecule has 1 heterocycles. The van der Waals surface area contributed by atoms with Crippen molar-refractivity contribution >= 4 is 5.78 Å². The van der Waals surface area contributed by atoms with E-state index in [0.717, 1.165) is 12.8 Å². The lowest BCUT2D eigenvalue weighted by Crippen LogP contribution is -2.45. The minimum Gasteiger partial charge on any atom is -0.376 e. The highest BCUT2D eigenvalue weighted by Crippen LogP contribution is 2.31. The molecule has 1 saturated carbocycles. The van der Waals surface area contributed by atoms with Crippen LogP contribution in [0.5, 0.6) is 0 Å². The van der Waals surface area contributed by atoms with Crippen LogP contribution in [-0.4, -0.2) is 31.2 Å². The van der Waals surface area contributed by atoms with E-state index < -0.39 is 0 Å². The van der Waals surface area contributed by atoms with E-state index in [9.17, 15) is 4.79 Å². The van der Waals surface area contributed by atoms with Crippen LogP contribution >= 0.6 is 0 Å². The SMILES string of the molecule is O=C1CCC2(CC1)COCCO2. The predicted octanol–water partition coefficient (Wildman–Crippen LogP) is 0.915. The summed E-state index contributed by atoms with van der Waals surface area (Å²) in [5, 5.41) is 0. The smallest absolute Gasteiger partial charge is 0.133 e. The van der Waals surface area contributed by atoms with Crippen LogP contribution in [0.25, 0.3) is 0 Å². The number of hydrogen-bond acceptors (Lipinski definition) is 3. The Bertz CT molecular complexity index is 170. The molecule has 0 unspecified atom stereocenters. The van der Waals surface area contributed by atoms with Gasteiger partial charge in [0.05, 0.1) is 25.4 Å². The van der Waals surface area contributed by atoms with Crippen LogP contribution in [0.15, 0.2) is 0 Å². The lowest BCUT2D eigenvalue weighted by Gasteiger charge is -2.39. The largest absolute Gasteiger partial charge is 0.376 e. The molecule has 3 heteroatoms. The fourth-order valence-corrected chi connectivity index (χ4v) is 1.89. The van der Waals surface area contributed by atoms with Crippen LogP contribution in [0.2, 0.25) is 0 Å². The quantitative estimate of drug-likeness (QED) is 0.542. The second-order valence-corrected chi connectivity index (χ2v) is 3.62. The number of carbonyl (C=O) groups is 1. The molecule has 0 aromatic rings. The van der Waals surface area contributed by atoms with E-state index in [1.165, 1.54) is 0 Å². The van der Waals surface area contributed by atoms with Gasteiger partial charge in [0.15, 0.2) is 0 Å². The molecule has 0 aromatic heterocycles. The first-order chi connectivity index (χ1) is 5.81. The van der Waals surface area contributed by atoms with E-state index in [2.05, 4.69) is 0 Å². The molecule has 2 fully saturated rings. The van der Waals surface area contributed by atoms with E-state index >= 15 is 0 Å². The number of rotatable bonds is 0. The lowest BCUT2D eigenvalue weighted by molar-refractivity contribution is -0.173. The number of Topliss-reactive ketones (excluding diaryl/α,β-unsaturated/α-hetero) is 1. The minimum atomic E-state index is -0.105. The Kier molecular flexibility index (Phi) is 2.15. The number of carbonyl (C=O) groups excluding carboxylic acids is 1. The highest BCUT2D eigenvalue weighted by Gasteiger charge is 2.37. The summed E-state index contributed by atoms with van der Waals surface area (Å²) in [5.74, 6) is 0.370. The zero-order valence-corrected chi connectivity index (χ0v) is 7.17. The second-order valence-electron chi connectivity index (χ2n) is 3.62. The van der Waals surface area contributed by atoms with Crippen molar-refractivity contribution in [2.75, 3.05) is 19.8 Å². The van der Waals surface area contributed by atoms with Gasteiger partial charge in [-0.1, -0.05) is 0 Å². The predicted molar refractivity (Wildman–Crippen MR) is 43.0 cm³/mol. The molecule has 1 aliphatic heterocycles. The van der Waals surface area contributed by atoms with Crippen LogP contribution in [0.4, 0.5) is 0 Å². The third-order valence-corrected chi connectivity index (χ3v) is 2.72. The second kappa shape index (κ2) is 3.15. The van der Waals surface area contributed by atoms with Gasteiger partial charge < -0.3 is 9.47 Å². The Morgan fingerprint density at radius 3 is 2.50 bits per heavy atom. The number of ether oxygens (including phenoxy) is 2. The van der Waals surface area contributed by atoms with Crippen LogP contribution in [0.3, 0.4) is 0 Å². The van der Waals surface area contributed by atoms with Crippen molar-refractivity contribution in [2.24, 2.45) is 0 Å². The molecular weight excluding hydrogens is 156 g/mol. The number of ketones is 1. The van der Waals surface area contributed by atoms with Gasteiger partial charge in [0, 0.05) is 12.8 Å². The summed E-state index contributed by atoms with van der Waals surface area (Å²) >= 11 is 0. The van der Waals surface area contributed by atoms with Gasteiger partial charge in [-0.25, -0.2) is 0 Å². The summed E-state index contributed by atoms with van der Waals surface area (Å²) in [4.78, 5) is 11.0. The van der Waals surface area contributed by atoms with Gasteiger partial charge in [0.1, 0.15) is 5.78 Å². The molecular formula is C9H14O3. The topological polar surface area (TPSA) is 35.5 Å². The van der Waals surface area contributed by atoms with E-state index in [1.807, 2.05) is 0 Å². The van der Waals surface area contributed by atoms with Gasteiger partial charge in [-0.05, 0) is 12.8 Å². The van der Waals surface area contributed by atoms with E-state index in [0.29, 0.717) is 38.4 Å². The Hall–Kier alpha value is -0.410. The monoisotopic (exact) mass is 170 g/mol. The van der Waals surface area contributed by atoms with Gasteiger partial charge in [0.2, 0.25) is 0 Å². The van der Waals surface area contributed by atoms with Crippen molar-refractivity contribution < 1.29 is 14.3 Å². The van der Waals surface area contributed by atoms with E-state index in [1.54, 1.807) is 0 Å². The molecule has 2 aliphatic rings. The van der Waals surface area contributed by atoms with E-state index in [-0.39, 0.29) is 5.60 Å². The zero-order valence-electron chi connectivity index (χ0n) is 7.17. The molecule has 1 aliphatic carbocycles. The van der Waals surface area contributed by atoms with Gasteiger partial charge in [0.25, 0.3) is 0 Å². The van der Waals surface area contributed by atoms with Gasteiger partial charge >= 0.3 is 0 Å². The molecule has 2 rings (SSSR count). The average molecular weight is 170 g/mol. The van der Waals surface area contributed by atoms with Crippen molar-refractivity contribution in [1.82, 2.24) is 0 Å². The highest BCUT2D eigenvalue weighted by atomic mass is 16.6. The summed E-state index contributed by atoms with van der Waals surface area (Å²) in [7, 11) is 0. The molecule has 0 atom stereocenters. The van der Waals surface area contributed by atoms with Crippen LogP contribution in [-0.2, 0) is 14.3 Å². The highest BCUT2D eigenvalue weighted by molar-refractivity contribution is 5.79. The molecule has 0 N–H and O–H groups in total. The maximum Gasteiger partial charge on any atom is 0.133 e. The minimum absolute atomic E-state index is 0.105. The summed E-state index contributed by atoms with van der Waals surface area (Å²) in [6, 6.07) is 0. The number of hydrogen-bond donors (Lipinski definition) is 0. The Morgan fingerprint density at radius 2 is 1.92 bits per heavy atom. The van der Waals surface area contributed by atoms with Crippen LogP contribution < -0.4 is 0 Å². The summed E-state index contributed by atoms with van der Waals surface area (Å²) in [5.41, 5.74) is -0.105. The fourth-order valence-electron chi connectivity index (χ4n) is 1.89. The molecule has 0 aromatic carbocycles. The van der Waals surface area contributed by atoms with Crippen LogP contribution in [0, 0.1) is 0 Å². The first-order valence-electron chi connectivity index (χ1n) is 4.54. The third kappa shape index (κ3) is 1.52. The molecule has 1 spiro atoms. The molecule has 0 amide bonds. The van der Waals surface area contributed by atoms with Crippen molar-refractivity contribution in [3.8, 4) is 0 Å². The average Bonchev–Trinajstić information content (AvgIpc) is 2.13. The van der Waals surface area contributed by atoms with Crippen molar-refractivity contribution in [2.45, 2.75) is 31.3 Å². The molecule has 0 radical (unpaired) electrons. The van der Waals surface area contributed by atoms with Crippen molar-refractivity contribution in [3.05, 3.63) is 0 Å². The first-order valence-corrected chi connectivity index (χ1v) is 4.54. The Labute approximate surface area is 72.0 Å². The molecule has 1 saturated heterocycles. The van der Waals surface area contributed by atoms with Gasteiger partial charge in [-0.3, -0.25) is 4.79 Å². The first kappa shape index (κ1) is 8.20. The maximum atomic E-state index is 11.0. The maximum absolute atomic E-state index is 11.0. The molecule has 3 nitrogen and oxygen atoms in total. The molecule has 0 bridgehead atoms. The Balaban J connectivity index is 1.96. The normalized spacial score (nSPS) is 29.2. The Morgan fingerprint density at radius 1 is 1.17 bits per heavy atom. The summed E-state index contributed by atoms with van der Waals surface area (Å²) in [6.45, 7) is 2.07. The fraction of sp³-hybridized carbons (Fsp3) is 0.889. The van der Waals surface area contributed by atoms with Crippen molar-refractivity contribution in [3.63, 3.8) is 0 Å². The van der Waals surface area contributed by atoms with Crippen molar-refractivity contribution in [1.29, 1.82) is 0 Å². The molecule has 68 valence electrons. The summed E-state index contributed by atoms with van der Waals surface area (Å²) in [6.07, 6.45) is 3.05. The van der Waals surface area contributed by atoms with Crippen LogP contribution in [0.1, 0.15) is 25.7 Å². The molecule has 12 heavy (non-hydrogen) atoms.